The van der Waals surface area contributed by atoms with Crippen LogP contribution < -0.4 is 4.90 Å². The molecule has 0 atom stereocenters. The summed E-state index contributed by atoms with van der Waals surface area (Å²) in [5.41, 5.74) is 0. The Kier molecular flexibility index (Phi) is 3.77. The van der Waals surface area contributed by atoms with Crippen molar-refractivity contribution in [1.82, 2.24) is 8.75 Å². The highest BCUT2D eigenvalue weighted by molar-refractivity contribution is 6.99. The molecule has 1 fully saturated rings. The first-order chi connectivity index (χ1) is 7.31. The number of aromatic nitrogens is 2. The van der Waals surface area contributed by atoms with E-state index in [-0.39, 0.29) is 0 Å². The molecule has 0 aliphatic carbocycles. The summed E-state index contributed by atoms with van der Waals surface area (Å²) in [5, 5.41) is 9.37. The topological polar surface area (TPSA) is 49.2 Å². The zero-order chi connectivity index (χ0) is 10.7. The zero-order valence-electron chi connectivity index (χ0n) is 8.40. The average Bonchev–Trinajstić information content (AvgIpc) is 2.66. The van der Waals surface area contributed by atoms with Gasteiger partial charge in [-0.05, 0) is 25.2 Å². The molecule has 0 saturated carbocycles. The van der Waals surface area contributed by atoms with Gasteiger partial charge in [0.25, 0.3) is 0 Å². The van der Waals surface area contributed by atoms with Crippen molar-refractivity contribution in [2.75, 3.05) is 24.6 Å². The van der Waals surface area contributed by atoms with Crippen LogP contribution >= 0.6 is 23.3 Å². The summed E-state index contributed by atoms with van der Waals surface area (Å²) in [6.07, 6.45) is 3.12. The number of hydrogen-bond donors (Lipinski definition) is 1. The van der Waals surface area contributed by atoms with Gasteiger partial charge < -0.3 is 10.0 Å². The Hall–Kier alpha value is -0.390. The van der Waals surface area contributed by atoms with Gasteiger partial charge in [-0.25, -0.2) is 0 Å². The van der Waals surface area contributed by atoms with Crippen LogP contribution in [0.15, 0.2) is 0 Å². The van der Waals surface area contributed by atoms with E-state index in [0.29, 0.717) is 17.7 Å². The van der Waals surface area contributed by atoms with E-state index < -0.39 is 0 Å². The van der Waals surface area contributed by atoms with Crippen molar-refractivity contribution in [2.24, 2.45) is 5.92 Å². The molecule has 15 heavy (non-hydrogen) atoms. The van der Waals surface area contributed by atoms with E-state index in [9.17, 15) is 0 Å². The van der Waals surface area contributed by atoms with E-state index in [0.717, 1.165) is 49.9 Å². The summed E-state index contributed by atoms with van der Waals surface area (Å²) in [6, 6.07) is 0. The van der Waals surface area contributed by atoms with Crippen LogP contribution in [-0.2, 0) is 0 Å². The number of anilines is 1. The minimum absolute atomic E-state index is 0.295. The van der Waals surface area contributed by atoms with Gasteiger partial charge in [-0.3, -0.25) is 0 Å². The van der Waals surface area contributed by atoms with Crippen LogP contribution in [0.3, 0.4) is 0 Å². The van der Waals surface area contributed by atoms with Crippen LogP contribution in [0.1, 0.15) is 19.3 Å². The maximum Gasteiger partial charge on any atom is 0.187 e. The normalized spacial score (nSPS) is 18.4. The van der Waals surface area contributed by atoms with E-state index >= 15 is 0 Å². The summed E-state index contributed by atoms with van der Waals surface area (Å²) in [7, 11) is 0. The molecule has 0 spiro atoms. The third-order valence-electron chi connectivity index (χ3n) is 2.88. The SMILES string of the molecule is OCCC1CCN(c2nsnc2Cl)CC1. The highest BCUT2D eigenvalue weighted by Crippen LogP contribution is 2.28. The van der Waals surface area contributed by atoms with Crippen LogP contribution in [0, 0.1) is 5.92 Å². The monoisotopic (exact) mass is 247 g/mol. The molecule has 0 radical (unpaired) electrons. The molecular weight excluding hydrogens is 234 g/mol. The third kappa shape index (κ3) is 2.59. The minimum Gasteiger partial charge on any atom is -0.396 e. The van der Waals surface area contributed by atoms with Gasteiger partial charge in [-0.1, -0.05) is 11.6 Å². The van der Waals surface area contributed by atoms with Gasteiger partial charge in [0.2, 0.25) is 0 Å². The smallest absolute Gasteiger partial charge is 0.187 e. The van der Waals surface area contributed by atoms with Crippen molar-refractivity contribution in [2.45, 2.75) is 19.3 Å². The maximum absolute atomic E-state index is 8.86. The van der Waals surface area contributed by atoms with Gasteiger partial charge >= 0.3 is 0 Å². The molecule has 1 N–H and O–H groups in total. The number of halogens is 1. The van der Waals surface area contributed by atoms with E-state index in [1.807, 2.05) is 0 Å². The Labute approximate surface area is 98.2 Å². The largest absolute Gasteiger partial charge is 0.396 e. The molecule has 6 heteroatoms. The van der Waals surface area contributed by atoms with E-state index in [1.54, 1.807) is 0 Å². The summed E-state index contributed by atoms with van der Waals surface area (Å²) < 4.78 is 8.15. The Morgan fingerprint density at radius 3 is 2.67 bits per heavy atom. The molecule has 2 heterocycles. The average molecular weight is 248 g/mol. The Bertz CT molecular complexity index is 312. The molecule has 0 unspecified atom stereocenters. The first-order valence-electron chi connectivity index (χ1n) is 5.15. The highest BCUT2D eigenvalue weighted by Gasteiger charge is 2.22. The molecule has 1 aromatic heterocycles. The second-order valence-electron chi connectivity index (χ2n) is 3.82. The lowest BCUT2D eigenvalue weighted by Gasteiger charge is -2.31. The lowest BCUT2D eigenvalue weighted by molar-refractivity contribution is 0.240. The fraction of sp³-hybridized carbons (Fsp3) is 0.778. The van der Waals surface area contributed by atoms with Crippen LogP contribution in [0.4, 0.5) is 5.82 Å². The number of rotatable bonds is 3. The van der Waals surface area contributed by atoms with Crippen LogP contribution in [0.5, 0.6) is 0 Å². The van der Waals surface area contributed by atoms with Gasteiger partial charge in [0, 0.05) is 19.7 Å². The van der Waals surface area contributed by atoms with Crippen LogP contribution in [0.25, 0.3) is 0 Å². The van der Waals surface area contributed by atoms with Crippen molar-refractivity contribution in [1.29, 1.82) is 0 Å². The van der Waals surface area contributed by atoms with Crippen molar-refractivity contribution < 1.29 is 5.11 Å². The number of piperidine rings is 1. The van der Waals surface area contributed by atoms with Gasteiger partial charge in [0.05, 0.1) is 11.7 Å². The summed E-state index contributed by atoms with van der Waals surface area (Å²) in [6.45, 7) is 2.23. The van der Waals surface area contributed by atoms with Gasteiger partial charge in [0.1, 0.15) is 0 Å². The summed E-state index contributed by atoms with van der Waals surface area (Å²) >= 11 is 7.08. The second kappa shape index (κ2) is 5.09. The van der Waals surface area contributed by atoms with Crippen LogP contribution in [0.2, 0.25) is 5.15 Å². The number of aliphatic hydroxyl groups is 1. The standard InChI is InChI=1S/C9H14ClN3OS/c10-8-9(12-15-11-8)13-4-1-7(2-5-13)3-6-14/h7,14H,1-6H2. The van der Waals surface area contributed by atoms with Gasteiger partial charge in [-0.2, -0.15) is 8.75 Å². The summed E-state index contributed by atoms with van der Waals surface area (Å²) in [5.74, 6) is 1.47. The number of nitrogens with zero attached hydrogens (tertiary/aromatic N) is 3. The first kappa shape index (κ1) is 11.1. The predicted octanol–water partition coefficient (Wildman–Crippen LogP) is 1.79. The Balaban J connectivity index is 1.91. The zero-order valence-corrected chi connectivity index (χ0v) is 9.97. The third-order valence-corrected chi connectivity index (χ3v) is 3.76. The number of aliphatic hydroxyl groups excluding tert-OH is 1. The Morgan fingerprint density at radius 2 is 2.13 bits per heavy atom. The van der Waals surface area contributed by atoms with Crippen molar-refractivity contribution in [3.8, 4) is 0 Å². The lowest BCUT2D eigenvalue weighted by Crippen LogP contribution is -2.34. The molecular formula is C9H14ClN3OS. The van der Waals surface area contributed by atoms with Crippen molar-refractivity contribution >= 4 is 29.1 Å². The van der Waals surface area contributed by atoms with Gasteiger partial charge in [0.15, 0.2) is 11.0 Å². The predicted molar refractivity (Wildman–Crippen MR) is 61.6 cm³/mol. The molecule has 1 saturated heterocycles. The molecule has 1 aliphatic rings. The van der Waals surface area contributed by atoms with Crippen molar-refractivity contribution in [3.05, 3.63) is 5.15 Å². The fourth-order valence-electron chi connectivity index (χ4n) is 1.98. The molecule has 4 nitrogen and oxygen atoms in total. The second-order valence-corrected chi connectivity index (χ2v) is 4.71. The molecule has 0 bridgehead atoms. The fourth-order valence-corrected chi connectivity index (χ4v) is 2.76. The van der Waals surface area contributed by atoms with Crippen molar-refractivity contribution in [3.63, 3.8) is 0 Å². The van der Waals surface area contributed by atoms with Crippen LogP contribution in [-0.4, -0.2) is 33.6 Å². The molecule has 1 aliphatic heterocycles. The molecule has 1 aromatic rings. The Morgan fingerprint density at radius 1 is 1.40 bits per heavy atom. The van der Waals surface area contributed by atoms with E-state index in [2.05, 4.69) is 13.6 Å². The highest BCUT2D eigenvalue weighted by atomic mass is 35.5. The molecule has 84 valence electrons. The maximum atomic E-state index is 8.86. The van der Waals surface area contributed by atoms with Gasteiger partial charge in [-0.15, -0.1) is 0 Å². The van der Waals surface area contributed by atoms with E-state index in [1.165, 1.54) is 0 Å². The first-order valence-corrected chi connectivity index (χ1v) is 6.26. The quantitative estimate of drug-likeness (QED) is 0.885. The number of hydrogen-bond acceptors (Lipinski definition) is 5. The minimum atomic E-state index is 0.295. The lowest BCUT2D eigenvalue weighted by atomic mass is 9.94. The van der Waals surface area contributed by atoms with E-state index in [4.69, 9.17) is 16.7 Å². The summed E-state index contributed by atoms with van der Waals surface area (Å²) in [4.78, 5) is 2.18. The molecule has 0 amide bonds. The molecule has 0 aromatic carbocycles. The molecule has 2 rings (SSSR count).